The molecule has 29 heavy (non-hydrogen) atoms. The smallest absolute Gasteiger partial charge is 0.294 e. The standard InChI is InChI=1S/C21H21ClN2O5/c1-27-20(28-2)12-23-19(25)13-24-16-8-3-4-9-17(16)29-18(21(24)26)11-14-6-5-7-15(22)10-14/h3-11,20H,12-13H2,1-2H3,(H,23,25). The van der Waals surface area contributed by atoms with Crippen LogP contribution >= 0.6 is 11.6 Å². The Morgan fingerprint density at radius 2 is 1.97 bits per heavy atom. The normalized spacial score (nSPS) is 14.7. The molecule has 0 fully saturated rings. The van der Waals surface area contributed by atoms with Gasteiger partial charge in [-0.3, -0.25) is 14.5 Å². The van der Waals surface area contributed by atoms with Crippen LogP contribution in [0.15, 0.2) is 54.3 Å². The van der Waals surface area contributed by atoms with Gasteiger partial charge in [-0.2, -0.15) is 0 Å². The molecule has 0 radical (unpaired) electrons. The Kier molecular flexibility index (Phi) is 6.87. The summed E-state index contributed by atoms with van der Waals surface area (Å²) in [6.07, 6.45) is 1.03. The van der Waals surface area contributed by atoms with Crippen LogP contribution in [-0.4, -0.2) is 45.4 Å². The summed E-state index contributed by atoms with van der Waals surface area (Å²) in [4.78, 5) is 26.8. The highest BCUT2D eigenvalue weighted by Gasteiger charge is 2.31. The first kappa shape index (κ1) is 20.9. The number of carbonyl (C=O) groups excluding carboxylic acids is 2. The molecule has 7 nitrogen and oxygen atoms in total. The van der Waals surface area contributed by atoms with E-state index in [4.69, 9.17) is 25.8 Å². The number of halogens is 1. The van der Waals surface area contributed by atoms with E-state index >= 15 is 0 Å². The third kappa shape index (κ3) is 5.14. The van der Waals surface area contributed by atoms with Crippen LogP contribution in [0.25, 0.3) is 6.08 Å². The van der Waals surface area contributed by atoms with Gasteiger partial charge in [-0.05, 0) is 35.9 Å². The average Bonchev–Trinajstić information content (AvgIpc) is 2.72. The summed E-state index contributed by atoms with van der Waals surface area (Å²) in [6, 6.07) is 14.1. The fourth-order valence-electron chi connectivity index (χ4n) is 2.83. The van der Waals surface area contributed by atoms with Gasteiger partial charge in [0.2, 0.25) is 5.91 Å². The maximum absolute atomic E-state index is 13.0. The average molecular weight is 417 g/mol. The Morgan fingerprint density at radius 3 is 2.69 bits per heavy atom. The highest BCUT2D eigenvalue weighted by molar-refractivity contribution is 6.30. The maximum Gasteiger partial charge on any atom is 0.294 e. The number of hydrogen-bond donors (Lipinski definition) is 1. The molecule has 0 atom stereocenters. The van der Waals surface area contributed by atoms with Gasteiger partial charge < -0.3 is 19.5 Å². The first-order valence-corrected chi connectivity index (χ1v) is 9.28. The monoisotopic (exact) mass is 416 g/mol. The zero-order valence-corrected chi connectivity index (χ0v) is 16.8. The van der Waals surface area contributed by atoms with Crippen LogP contribution in [0.2, 0.25) is 5.02 Å². The number of fused-ring (bicyclic) bond motifs is 1. The number of ether oxygens (including phenoxy) is 3. The molecule has 0 spiro atoms. The Labute approximate surface area is 173 Å². The number of rotatable bonds is 7. The van der Waals surface area contributed by atoms with Crippen LogP contribution < -0.4 is 15.0 Å². The highest BCUT2D eigenvalue weighted by atomic mass is 35.5. The summed E-state index contributed by atoms with van der Waals surface area (Å²) in [6.45, 7) is -0.0105. The van der Waals surface area contributed by atoms with E-state index in [2.05, 4.69) is 5.32 Å². The van der Waals surface area contributed by atoms with Crippen molar-refractivity contribution < 1.29 is 23.8 Å². The second kappa shape index (κ2) is 9.56. The molecule has 0 saturated carbocycles. The number of carbonyl (C=O) groups is 2. The van der Waals surface area contributed by atoms with Crippen molar-refractivity contribution in [1.82, 2.24) is 5.32 Å². The van der Waals surface area contributed by atoms with E-state index in [1.54, 1.807) is 48.5 Å². The Morgan fingerprint density at radius 1 is 1.21 bits per heavy atom. The van der Waals surface area contributed by atoms with Gasteiger partial charge in [-0.25, -0.2) is 0 Å². The van der Waals surface area contributed by atoms with Crippen LogP contribution in [0.3, 0.4) is 0 Å². The van der Waals surface area contributed by atoms with Crippen molar-refractivity contribution in [2.75, 3.05) is 32.2 Å². The number of methoxy groups -OCH3 is 2. The lowest BCUT2D eigenvalue weighted by molar-refractivity contribution is -0.127. The summed E-state index contributed by atoms with van der Waals surface area (Å²) in [5.74, 6) is -0.185. The molecule has 152 valence electrons. The van der Waals surface area contributed by atoms with Gasteiger partial charge in [0, 0.05) is 19.2 Å². The Hall–Kier alpha value is -2.87. The largest absolute Gasteiger partial charge is 0.449 e. The number of benzene rings is 2. The van der Waals surface area contributed by atoms with Crippen molar-refractivity contribution in [3.05, 3.63) is 64.9 Å². The van der Waals surface area contributed by atoms with Gasteiger partial charge >= 0.3 is 0 Å². The molecule has 2 amide bonds. The number of nitrogens with zero attached hydrogens (tertiary/aromatic N) is 1. The summed E-state index contributed by atoms with van der Waals surface area (Å²) in [5, 5.41) is 3.24. The SMILES string of the molecule is COC(CNC(=O)CN1C(=O)C(=Cc2cccc(Cl)c2)Oc2ccccc21)OC. The summed E-state index contributed by atoms with van der Waals surface area (Å²) in [5.41, 5.74) is 1.23. The predicted molar refractivity (Wildman–Crippen MR) is 110 cm³/mol. The fourth-order valence-corrected chi connectivity index (χ4v) is 3.03. The predicted octanol–water partition coefficient (Wildman–Crippen LogP) is 2.84. The lowest BCUT2D eigenvalue weighted by Gasteiger charge is -2.30. The number of anilines is 1. The highest BCUT2D eigenvalue weighted by Crippen LogP contribution is 2.35. The van der Waals surface area contributed by atoms with Crippen LogP contribution in [0, 0.1) is 0 Å². The number of hydrogen-bond acceptors (Lipinski definition) is 5. The minimum atomic E-state index is -0.565. The Bertz CT molecular complexity index is 927. The van der Waals surface area contributed by atoms with Crippen molar-refractivity contribution in [3.8, 4) is 5.75 Å². The van der Waals surface area contributed by atoms with Gasteiger partial charge in [0.05, 0.1) is 12.2 Å². The molecule has 3 rings (SSSR count). The zero-order valence-electron chi connectivity index (χ0n) is 16.1. The molecule has 2 aromatic rings. The van der Waals surface area contributed by atoms with Crippen LogP contribution in [0.1, 0.15) is 5.56 Å². The van der Waals surface area contributed by atoms with Crippen molar-refractivity contribution in [2.45, 2.75) is 6.29 Å². The third-order valence-corrected chi connectivity index (χ3v) is 4.51. The minimum Gasteiger partial charge on any atom is -0.449 e. The molecular weight excluding hydrogens is 396 g/mol. The first-order valence-electron chi connectivity index (χ1n) is 8.90. The topological polar surface area (TPSA) is 77.1 Å². The van der Waals surface area contributed by atoms with E-state index in [1.165, 1.54) is 19.1 Å². The van der Waals surface area contributed by atoms with Crippen molar-refractivity contribution >= 4 is 35.2 Å². The molecule has 0 bridgehead atoms. The van der Waals surface area contributed by atoms with E-state index < -0.39 is 12.2 Å². The lowest BCUT2D eigenvalue weighted by atomic mass is 10.1. The molecule has 0 aromatic heterocycles. The number of amides is 2. The Balaban J connectivity index is 1.83. The zero-order chi connectivity index (χ0) is 20.8. The molecule has 0 saturated heterocycles. The van der Waals surface area contributed by atoms with E-state index in [9.17, 15) is 9.59 Å². The van der Waals surface area contributed by atoms with Crippen molar-refractivity contribution in [3.63, 3.8) is 0 Å². The van der Waals surface area contributed by atoms with E-state index in [1.807, 2.05) is 6.07 Å². The molecule has 1 heterocycles. The summed E-state index contributed by atoms with van der Waals surface area (Å²) >= 11 is 6.02. The molecule has 8 heteroatoms. The van der Waals surface area contributed by atoms with Gasteiger partial charge in [0.25, 0.3) is 5.91 Å². The van der Waals surface area contributed by atoms with Crippen LogP contribution in [0.4, 0.5) is 5.69 Å². The molecule has 0 unspecified atom stereocenters. The number of nitrogens with one attached hydrogen (secondary N) is 1. The summed E-state index contributed by atoms with van der Waals surface area (Å²) in [7, 11) is 2.96. The maximum atomic E-state index is 13.0. The van der Waals surface area contributed by atoms with E-state index in [-0.39, 0.29) is 24.8 Å². The molecular formula is C21H21ClN2O5. The van der Waals surface area contributed by atoms with E-state index in [0.717, 1.165) is 0 Å². The quantitative estimate of drug-likeness (QED) is 0.554. The molecule has 1 aliphatic rings. The van der Waals surface area contributed by atoms with E-state index in [0.29, 0.717) is 22.0 Å². The second-order valence-corrected chi connectivity index (χ2v) is 6.67. The second-order valence-electron chi connectivity index (χ2n) is 6.23. The first-order chi connectivity index (χ1) is 14.0. The number of para-hydroxylation sites is 2. The van der Waals surface area contributed by atoms with Gasteiger partial charge in [-0.1, -0.05) is 35.9 Å². The molecule has 0 aliphatic carbocycles. The third-order valence-electron chi connectivity index (χ3n) is 4.27. The van der Waals surface area contributed by atoms with Crippen LogP contribution in [-0.2, 0) is 19.1 Å². The fraction of sp³-hybridized carbons (Fsp3) is 0.238. The molecule has 1 N–H and O–H groups in total. The van der Waals surface area contributed by atoms with Crippen molar-refractivity contribution in [2.24, 2.45) is 0 Å². The van der Waals surface area contributed by atoms with Crippen LogP contribution in [0.5, 0.6) is 5.75 Å². The molecule has 2 aromatic carbocycles. The lowest BCUT2D eigenvalue weighted by Crippen LogP contribution is -2.45. The minimum absolute atomic E-state index is 0.102. The van der Waals surface area contributed by atoms with Gasteiger partial charge in [0.15, 0.2) is 17.8 Å². The summed E-state index contributed by atoms with van der Waals surface area (Å²) < 4.78 is 15.9. The van der Waals surface area contributed by atoms with Gasteiger partial charge in [-0.15, -0.1) is 0 Å². The van der Waals surface area contributed by atoms with Gasteiger partial charge in [0.1, 0.15) is 6.54 Å². The molecule has 1 aliphatic heterocycles. The van der Waals surface area contributed by atoms with Crippen molar-refractivity contribution in [1.29, 1.82) is 0 Å².